The van der Waals surface area contributed by atoms with Crippen molar-refractivity contribution in [3.05, 3.63) is 0 Å². The van der Waals surface area contributed by atoms with Crippen molar-refractivity contribution in [2.45, 2.75) is 40.0 Å². The van der Waals surface area contributed by atoms with Crippen molar-refractivity contribution in [2.24, 2.45) is 17.3 Å². The SMILES string of the molecule is CC(C)(C)CCCNC(=O)C1CC1C(=O)O. The van der Waals surface area contributed by atoms with Crippen LogP contribution >= 0.6 is 0 Å². The summed E-state index contributed by atoms with van der Waals surface area (Å²) in [6.07, 6.45) is 2.50. The third-order valence-corrected chi connectivity index (χ3v) is 2.85. The van der Waals surface area contributed by atoms with Gasteiger partial charge in [-0.15, -0.1) is 0 Å². The molecule has 16 heavy (non-hydrogen) atoms. The number of rotatable bonds is 5. The summed E-state index contributed by atoms with van der Waals surface area (Å²) < 4.78 is 0. The molecule has 2 N–H and O–H groups in total. The average molecular weight is 227 g/mol. The van der Waals surface area contributed by atoms with Gasteiger partial charge in [0.25, 0.3) is 0 Å². The Morgan fingerprint density at radius 1 is 1.31 bits per heavy atom. The largest absolute Gasteiger partial charge is 0.481 e. The number of carbonyl (C=O) groups is 2. The van der Waals surface area contributed by atoms with Gasteiger partial charge in [0.2, 0.25) is 5.91 Å². The smallest absolute Gasteiger partial charge is 0.307 e. The monoisotopic (exact) mass is 227 g/mol. The van der Waals surface area contributed by atoms with Crippen LogP contribution in [0, 0.1) is 17.3 Å². The number of amides is 1. The van der Waals surface area contributed by atoms with Crippen LogP contribution in [-0.4, -0.2) is 23.5 Å². The van der Waals surface area contributed by atoms with E-state index in [4.69, 9.17) is 5.11 Å². The second-order valence-electron chi connectivity index (χ2n) is 5.74. The maximum absolute atomic E-state index is 11.5. The summed E-state index contributed by atoms with van der Waals surface area (Å²) >= 11 is 0. The van der Waals surface area contributed by atoms with Crippen LogP contribution in [-0.2, 0) is 9.59 Å². The first-order chi connectivity index (χ1) is 7.31. The van der Waals surface area contributed by atoms with Crippen LogP contribution in [0.3, 0.4) is 0 Å². The molecule has 0 aromatic carbocycles. The highest BCUT2D eigenvalue weighted by Gasteiger charge is 2.48. The predicted octanol–water partition coefficient (Wildman–Crippen LogP) is 1.65. The molecule has 1 rings (SSSR count). The molecular weight excluding hydrogens is 206 g/mol. The average Bonchev–Trinajstić information content (AvgIpc) is 2.89. The van der Waals surface area contributed by atoms with Gasteiger partial charge in [0, 0.05) is 6.54 Å². The molecular formula is C12H21NO3. The van der Waals surface area contributed by atoms with Crippen LogP contribution in [0.25, 0.3) is 0 Å². The standard InChI is InChI=1S/C12H21NO3/c1-12(2,3)5-4-6-13-10(14)8-7-9(8)11(15)16/h8-9H,4-7H2,1-3H3,(H,13,14)(H,15,16). The highest BCUT2D eigenvalue weighted by Crippen LogP contribution is 2.38. The Morgan fingerprint density at radius 2 is 1.94 bits per heavy atom. The number of hydrogen-bond acceptors (Lipinski definition) is 2. The van der Waals surface area contributed by atoms with Gasteiger partial charge in [-0.1, -0.05) is 20.8 Å². The minimum absolute atomic E-state index is 0.0960. The molecule has 2 atom stereocenters. The topological polar surface area (TPSA) is 66.4 Å². The van der Waals surface area contributed by atoms with E-state index in [2.05, 4.69) is 26.1 Å². The third-order valence-electron chi connectivity index (χ3n) is 2.85. The molecule has 0 saturated heterocycles. The first-order valence-corrected chi connectivity index (χ1v) is 5.82. The zero-order chi connectivity index (χ0) is 12.3. The fourth-order valence-corrected chi connectivity index (χ4v) is 1.72. The van der Waals surface area contributed by atoms with Gasteiger partial charge in [0.1, 0.15) is 0 Å². The molecule has 0 radical (unpaired) electrons. The quantitative estimate of drug-likeness (QED) is 0.702. The third kappa shape index (κ3) is 4.21. The molecule has 1 saturated carbocycles. The van der Waals surface area contributed by atoms with Gasteiger partial charge in [-0.05, 0) is 24.7 Å². The number of carboxylic acid groups (broad SMARTS) is 1. The Balaban J connectivity index is 2.11. The lowest BCUT2D eigenvalue weighted by atomic mass is 9.91. The van der Waals surface area contributed by atoms with Gasteiger partial charge < -0.3 is 10.4 Å². The molecule has 0 bridgehead atoms. The molecule has 0 aliphatic heterocycles. The first kappa shape index (κ1) is 13.0. The van der Waals surface area contributed by atoms with Gasteiger partial charge in [-0.2, -0.15) is 0 Å². The van der Waals surface area contributed by atoms with E-state index >= 15 is 0 Å². The second kappa shape index (κ2) is 4.85. The van der Waals surface area contributed by atoms with Gasteiger partial charge in [-0.3, -0.25) is 9.59 Å². The summed E-state index contributed by atoms with van der Waals surface area (Å²) in [7, 11) is 0. The van der Waals surface area contributed by atoms with Gasteiger partial charge in [0.05, 0.1) is 11.8 Å². The normalized spacial score (nSPS) is 23.9. The number of nitrogens with one attached hydrogen (secondary N) is 1. The van der Waals surface area contributed by atoms with Crippen LogP contribution in [0.4, 0.5) is 0 Å². The molecule has 0 aromatic heterocycles. The van der Waals surface area contributed by atoms with Crippen LogP contribution in [0.1, 0.15) is 40.0 Å². The number of carbonyl (C=O) groups excluding carboxylic acids is 1. The lowest BCUT2D eigenvalue weighted by Crippen LogP contribution is -2.28. The molecule has 0 aromatic rings. The fraction of sp³-hybridized carbons (Fsp3) is 0.833. The van der Waals surface area contributed by atoms with E-state index in [1.54, 1.807) is 0 Å². The Morgan fingerprint density at radius 3 is 2.38 bits per heavy atom. The molecule has 4 nitrogen and oxygen atoms in total. The Hall–Kier alpha value is -1.06. The molecule has 2 unspecified atom stereocenters. The van der Waals surface area contributed by atoms with E-state index in [0.29, 0.717) is 13.0 Å². The minimum Gasteiger partial charge on any atom is -0.481 e. The van der Waals surface area contributed by atoms with Crippen molar-refractivity contribution in [2.75, 3.05) is 6.54 Å². The fourth-order valence-electron chi connectivity index (χ4n) is 1.72. The van der Waals surface area contributed by atoms with E-state index in [1.165, 1.54) is 0 Å². The molecule has 1 aliphatic rings. The molecule has 1 aliphatic carbocycles. The van der Waals surface area contributed by atoms with E-state index < -0.39 is 11.9 Å². The lowest BCUT2D eigenvalue weighted by molar-refractivity contribution is -0.140. The molecule has 1 amide bonds. The summed E-state index contributed by atoms with van der Waals surface area (Å²) in [6.45, 7) is 7.14. The number of hydrogen-bond donors (Lipinski definition) is 2. The van der Waals surface area contributed by atoms with Crippen LogP contribution in [0.15, 0.2) is 0 Å². The zero-order valence-corrected chi connectivity index (χ0v) is 10.2. The van der Waals surface area contributed by atoms with Crippen molar-refractivity contribution in [1.82, 2.24) is 5.32 Å². The van der Waals surface area contributed by atoms with Crippen LogP contribution in [0.2, 0.25) is 0 Å². The Labute approximate surface area is 96.4 Å². The van der Waals surface area contributed by atoms with Crippen molar-refractivity contribution in [3.63, 3.8) is 0 Å². The second-order valence-corrected chi connectivity index (χ2v) is 5.74. The van der Waals surface area contributed by atoms with Crippen molar-refractivity contribution < 1.29 is 14.7 Å². The first-order valence-electron chi connectivity index (χ1n) is 5.82. The predicted molar refractivity (Wildman–Crippen MR) is 60.9 cm³/mol. The van der Waals surface area contributed by atoms with Crippen LogP contribution in [0.5, 0.6) is 0 Å². The highest BCUT2D eigenvalue weighted by molar-refractivity contribution is 5.89. The van der Waals surface area contributed by atoms with Crippen molar-refractivity contribution in [3.8, 4) is 0 Å². The van der Waals surface area contributed by atoms with E-state index in [-0.39, 0.29) is 17.2 Å². The summed E-state index contributed by atoms with van der Waals surface area (Å²) in [4.78, 5) is 22.0. The van der Waals surface area contributed by atoms with Gasteiger partial charge in [0.15, 0.2) is 0 Å². The summed E-state index contributed by atoms with van der Waals surface area (Å²) in [5.74, 6) is -1.68. The molecule has 92 valence electrons. The Bertz CT molecular complexity index is 280. The molecule has 4 heteroatoms. The molecule has 0 heterocycles. The van der Waals surface area contributed by atoms with Crippen LogP contribution < -0.4 is 5.32 Å². The number of carboxylic acids is 1. The zero-order valence-electron chi connectivity index (χ0n) is 10.2. The van der Waals surface area contributed by atoms with E-state index in [1.807, 2.05) is 0 Å². The maximum atomic E-state index is 11.5. The molecule has 0 spiro atoms. The maximum Gasteiger partial charge on any atom is 0.307 e. The minimum atomic E-state index is -0.852. The highest BCUT2D eigenvalue weighted by atomic mass is 16.4. The summed E-state index contributed by atoms with van der Waals surface area (Å²) in [5, 5.41) is 11.5. The summed E-state index contributed by atoms with van der Waals surface area (Å²) in [5.41, 5.74) is 0.286. The lowest BCUT2D eigenvalue weighted by Gasteiger charge is -2.17. The van der Waals surface area contributed by atoms with E-state index in [0.717, 1.165) is 12.8 Å². The van der Waals surface area contributed by atoms with Crippen molar-refractivity contribution >= 4 is 11.9 Å². The van der Waals surface area contributed by atoms with Gasteiger partial charge in [-0.25, -0.2) is 0 Å². The van der Waals surface area contributed by atoms with Crippen molar-refractivity contribution in [1.29, 1.82) is 0 Å². The Kier molecular flexibility index (Phi) is 3.94. The van der Waals surface area contributed by atoms with E-state index in [9.17, 15) is 9.59 Å². The number of aliphatic carboxylic acids is 1. The molecule has 1 fully saturated rings. The van der Waals surface area contributed by atoms with Gasteiger partial charge >= 0.3 is 5.97 Å². The summed E-state index contributed by atoms with van der Waals surface area (Å²) in [6, 6.07) is 0.